The maximum absolute atomic E-state index is 13.4. The number of carbonyl (C=O) groups is 1. The molecule has 0 saturated carbocycles. The van der Waals surface area contributed by atoms with Crippen LogP contribution in [0.15, 0.2) is 6.07 Å². The second kappa shape index (κ2) is 5.42. The molecule has 0 unspecified atom stereocenters. The molecule has 1 aromatic rings. The number of nitrogen functional groups attached to an aromatic ring is 1. The van der Waals surface area contributed by atoms with Crippen LogP contribution in [-0.4, -0.2) is 31.0 Å². The van der Waals surface area contributed by atoms with E-state index in [2.05, 4.69) is 10.3 Å². The maximum atomic E-state index is 13.4. The number of rotatable bonds is 4. The highest BCUT2D eigenvalue weighted by atomic mass is 19.1. The fourth-order valence-electron chi connectivity index (χ4n) is 1.28. The minimum atomic E-state index is -0.919. The summed E-state index contributed by atoms with van der Waals surface area (Å²) in [6, 6.07) is 0.645. The van der Waals surface area contributed by atoms with Crippen molar-refractivity contribution < 1.29 is 13.6 Å². The standard InChI is InChI=1S/C10H14F2N4O/c1-3-14-8(17)5-16(2)10-7(12)4-6(11)9(13)15-10/h4H,3,5H2,1-2H3,(H2,13,15)(H,14,17). The number of carbonyl (C=O) groups excluding carboxylic acids is 1. The highest BCUT2D eigenvalue weighted by molar-refractivity contribution is 5.80. The van der Waals surface area contributed by atoms with E-state index in [0.29, 0.717) is 12.6 Å². The summed E-state index contributed by atoms with van der Waals surface area (Å²) in [7, 11) is 1.47. The van der Waals surface area contributed by atoms with Crippen molar-refractivity contribution >= 4 is 17.5 Å². The maximum Gasteiger partial charge on any atom is 0.239 e. The van der Waals surface area contributed by atoms with Crippen molar-refractivity contribution in [2.75, 3.05) is 30.8 Å². The molecule has 1 heterocycles. The molecule has 1 amide bonds. The van der Waals surface area contributed by atoms with Crippen LogP contribution in [0.25, 0.3) is 0 Å². The molecule has 1 rings (SSSR count). The topological polar surface area (TPSA) is 71.2 Å². The lowest BCUT2D eigenvalue weighted by Gasteiger charge is -2.18. The monoisotopic (exact) mass is 244 g/mol. The number of hydrogen-bond acceptors (Lipinski definition) is 4. The summed E-state index contributed by atoms with van der Waals surface area (Å²) in [4.78, 5) is 16.1. The van der Waals surface area contributed by atoms with Crippen molar-refractivity contribution in [2.24, 2.45) is 0 Å². The zero-order chi connectivity index (χ0) is 13.0. The van der Waals surface area contributed by atoms with Gasteiger partial charge >= 0.3 is 0 Å². The van der Waals surface area contributed by atoms with Crippen molar-refractivity contribution in [1.29, 1.82) is 0 Å². The second-order valence-electron chi connectivity index (χ2n) is 3.47. The van der Waals surface area contributed by atoms with Crippen LogP contribution in [0.1, 0.15) is 6.92 Å². The van der Waals surface area contributed by atoms with Crippen LogP contribution in [0, 0.1) is 11.6 Å². The van der Waals surface area contributed by atoms with Gasteiger partial charge in [-0.05, 0) is 6.92 Å². The van der Waals surface area contributed by atoms with Crippen molar-refractivity contribution in [3.8, 4) is 0 Å². The smallest absolute Gasteiger partial charge is 0.239 e. The number of halogens is 2. The molecule has 17 heavy (non-hydrogen) atoms. The Labute approximate surface area is 97.6 Å². The summed E-state index contributed by atoms with van der Waals surface area (Å²) in [6.45, 7) is 2.17. The molecule has 3 N–H and O–H groups in total. The number of nitrogens with one attached hydrogen (secondary N) is 1. The Hall–Kier alpha value is -1.92. The van der Waals surface area contributed by atoms with Gasteiger partial charge in [-0.15, -0.1) is 0 Å². The van der Waals surface area contributed by atoms with Gasteiger partial charge in [-0.1, -0.05) is 0 Å². The number of aromatic nitrogens is 1. The fourth-order valence-corrected chi connectivity index (χ4v) is 1.28. The highest BCUT2D eigenvalue weighted by Crippen LogP contribution is 2.19. The number of nitrogens with zero attached hydrogens (tertiary/aromatic N) is 2. The third kappa shape index (κ3) is 3.27. The Bertz CT molecular complexity index is 425. The molecule has 5 nitrogen and oxygen atoms in total. The highest BCUT2D eigenvalue weighted by Gasteiger charge is 2.15. The van der Waals surface area contributed by atoms with Crippen LogP contribution in [0.2, 0.25) is 0 Å². The van der Waals surface area contributed by atoms with Crippen molar-refractivity contribution in [2.45, 2.75) is 6.92 Å². The molecular weight excluding hydrogens is 230 g/mol. The van der Waals surface area contributed by atoms with Crippen molar-refractivity contribution in [3.63, 3.8) is 0 Å². The van der Waals surface area contributed by atoms with Gasteiger partial charge in [0, 0.05) is 19.7 Å². The van der Waals surface area contributed by atoms with E-state index in [1.165, 1.54) is 11.9 Å². The number of pyridine rings is 1. The average molecular weight is 244 g/mol. The van der Waals surface area contributed by atoms with Crippen LogP contribution in [-0.2, 0) is 4.79 Å². The zero-order valence-electron chi connectivity index (χ0n) is 9.63. The molecule has 1 aromatic heterocycles. The van der Waals surface area contributed by atoms with Gasteiger partial charge < -0.3 is 16.0 Å². The van der Waals surface area contributed by atoms with Gasteiger partial charge in [0.15, 0.2) is 23.3 Å². The summed E-state index contributed by atoms with van der Waals surface area (Å²) in [6.07, 6.45) is 0. The van der Waals surface area contributed by atoms with E-state index < -0.39 is 17.5 Å². The normalized spacial score (nSPS) is 10.1. The first-order chi connectivity index (χ1) is 7.95. The lowest BCUT2D eigenvalue weighted by Crippen LogP contribution is -2.35. The first kappa shape index (κ1) is 13.1. The third-order valence-electron chi connectivity index (χ3n) is 2.05. The fraction of sp³-hybridized carbons (Fsp3) is 0.400. The third-order valence-corrected chi connectivity index (χ3v) is 2.05. The summed E-state index contributed by atoms with van der Waals surface area (Å²) in [5.41, 5.74) is 5.24. The summed E-state index contributed by atoms with van der Waals surface area (Å²) in [5.74, 6) is -2.61. The summed E-state index contributed by atoms with van der Waals surface area (Å²) in [5, 5.41) is 2.56. The Balaban J connectivity index is 2.85. The largest absolute Gasteiger partial charge is 0.381 e. The quantitative estimate of drug-likeness (QED) is 0.809. The molecule has 0 fully saturated rings. The molecule has 7 heteroatoms. The molecule has 0 bridgehead atoms. The Morgan fingerprint density at radius 2 is 2.18 bits per heavy atom. The van der Waals surface area contributed by atoms with E-state index in [4.69, 9.17) is 5.73 Å². The molecule has 0 aliphatic heterocycles. The van der Waals surface area contributed by atoms with E-state index in [1.54, 1.807) is 6.92 Å². The summed E-state index contributed by atoms with van der Waals surface area (Å²) < 4.78 is 26.3. The van der Waals surface area contributed by atoms with Crippen molar-refractivity contribution in [3.05, 3.63) is 17.7 Å². The van der Waals surface area contributed by atoms with Crippen LogP contribution in [0.5, 0.6) is 0 Å². The predicted molar refractivity (Wildman–Crippen MR) is 60.5 cm³/mol. The van der Waals surface area contributed by atoms with E-state index in [1.807, 2.05) is 0 Å². The van der Waals surface area contributed by atoms with Crippen LogP contribution in [0.4, 0.5) is 20.4 Å². The van der Waals surface area contributed by atoms with Crippen LogP contribution >= 0.6 is 0 Å². The van der Waals surface area contributed by atoms with E-state index >= 15 is 0 Å². The van der Waals surface area contributed by atoms with Crippen molar-refractivity contribution in [1.82, 2.24) is 10.3 Å². The molecule has 0 saturated heterocycles. The lowest BCUT2D eigenvalue weighted by atomic mass is 10.3. The number of likely N-dealkylation sites (N-methyl/N-ethyl adjacent to an activating group) is 2. The Morgan fingerprint density at radius 1 is 1.53 bits per heavy atom. The number of hydrogen-bond donors (Lipinski definition) is 2. The zero-order valence-corrected chi connectivity index (χ0v) is 9.63. The number of nitrogens with two attached hydrogens (primary N) is 1. The van der Waals surface area contributed by atoms with Gasteiger partial charge in [0.25, 0.3) is 0 Å². The van der Waals surface area contributed by atoms with Gasteiger partial charge in [0.1, 0.15) is 0 Å². The first-order valence-corrected chi connectivity index (χ1v) is 5.05. The first-order valence-electron chi connectivity index (χ1n) is 5.05. The van der Waals surface area contributed by atoms with Gasteiger partial charge in [0.05, 0.1) is 6.54 Å². The second-order valence-corrected chi connectivity index (χ2v) is 3.47. The SMILES string of the molecule is CCNC(=O)CN(C)c1nc(N)c(F)cc1F. The van der Waals surface area contributed by atoms with E-state index in [9.17, 15) is 13.6 Å². The van der Waals surface area contributed by atoms with Gasteiger partial charge in [-0.25, -0.2) is 13.8 Å². The molecule has 0 spiro atoms. The lowest BCUT2D eigenvalue weighted by molar-refractivity contribution is -0.119. The molecule has 94 valence electrons. The molecule has 0 radical (unpaired) electrons. The Kier molecular flexibility index (Phi) is 4.19. The van der Waals surface area contributed by atoms with E-state index in [0.717, 1.165) is 0 Å². The predicted octanol–water partition coefficient (Wildman–Crippen LogP) is 0.514. The minimum absolute atomic E-state index is 0.0805. The Morgan fingerprint density at radius 3 is 2.76 bits per heavy atom. The molecular formula is C10H14F2N4O. The average Bonchev–Trinajstić information content (AvgIpc) is 2.23. The van der Waals surface area contributed by atoms with Gasteiger partial charge in [-0.2, -0.15) is 0 Å². The number of amides is 1. The molecule has 0 aliphatic carbocycles. The van der Waals surface area contributed by atoms with E-state index in [-0.39, 0.29) is 18.3 Å². The van der Waals surface area contributed by atoms with Gasteiger partial charge in [-0.3, -0.25) is 4.79 Å². The molecule has 0 aliphatic rings. The summed E-state index contributed by atoms with van der Waals surface area (Å²) >= 11 is 0. The van der Waals surface area contributed by atoms with Gasteiger partial charge in [0.2, 0.25) is 5.91 Å². The minimum Gasteiger partial charge on any atom is -0.381 e. The van der Waals surface area contributed by atoms with Crippen LogP contribution in [0.3, 0.4) is 0 Å². The van der Waals surface area contributed by atoms with Crippen LogP contribution < -0.4 is 16.0 Å². The molecule has 0 aromatic carbocycles. The molecule has 0 atom stereocenters. The number of anilines is 2.